The molecule has 0 unspecified atom stereocenters. The van der Waals surface area contributed by atoms with Crippen molar-refractivity contribution in [2.45, 2.75) is 64.9 Å². The van der Waals surface area contributed by atoms with Gasteiger partial charge in [0.25, 0.3) is 6.02 Å². The van der Waals surface area contributed by atoms with E-state index in [1.165, 1.54) is 37.7 Å². The number of hydrogen-bond acceptors (Lipinski definition) is 4. The molecule has 5 aliphatic rings. The molecule has 0 radical (unpaired) electrons. The van der Waals surface area contributed by atoms with E-state index in [-0.39, 0.29) is 17.5 Å². The first-order chi connectivity index (χ1) is 16.0. The molecule has 33 heavy (non-hydrogen) atoms. The van der Waals surface area contributed by atoms with Crippen LogP contribution in [0.1, 0.15) is 64.4 Å². The first-order valence-electron chi connectivity index (χ1n) is 12.8. The molecule has 0 saturated heterocycles. The van der Waals surface area contributed by atoms with Crippen LogP contribution in [0.2, 0.25) is 0 Å². The Hall–Kier alpha value is -2.43. The number of aliphatic imine (C=N–C) groups is 1. The van der Waals surface area contributed by atoms with Crippen LogP contribution in [0.25, 0.3) is 5.57 Å². The molecule has 5 nitrogen and oxygen atoms in total. The summed E-state index contributed by atoms with van der Waals surface area (Å²) in [4.78, 5) is 10.5. The topological polar surface area (TPSA) is 61.6 Å². The molecule has 1 aliphatic heterocycles. The second-order valence-electron chi connectivity index (χ2n) is 11.3. The summed E-state index contributed by atoms with van der Waals surface area (Å²) < 4.78 is 6.12. The van der Waals surface area contributed by atoms with E-state index in [0.717, 1.165) is 43.7 Å². The zero-order chi connectivity index (χ0) is 22.6. The molecule has 1 aromatic heterocycles. The third-order valence-corrected chi connectivity index (χ3v) is 9.84. The number of nitrogens with zero attached hydrogens (tertiary/aromatic N) is 3. The number of pyridine rings is 1. The van der Waals surface area contributed by atoms with Crippen LogP contribution in [0.5, 0.6) is 0 Å². The lowest BCUT2D eigenvalue weighted by Crippen LogP contribution is -2.50. The van der Waals surface area contributed by atoms with Crippen LogP contribution in [-0.4, -0.2) is 41.4 Å². The number of hydrogen-bond donors (Lipinski definition) is 1. The van der Waals surface area contributed by atoms with Crippen LogP contribution < -0.4 is 0 Å². The highest BCUT2D eigenvalue weighted by Crippen LogP contribution is 2.66. The summed E-state index contributed by atoms with van der Waals surface area (Å²) in [5, 5.41) is 8.32. The van der Waals surface area contributed by atoms with Gasteiger partial charge in [-0.2, -0.15) is 0 Å². The molecule has 6 rings (SSSR count). The van der Waals surface area contributed by atoms with Crippen molar-refractivity contribution in [2.75, 3.05) is 13.1 Å². The molecule has 0 aromatic carbocycles. The van der Waals surface area contributed by atoms with Crippen molar-refractivity contribution in [3.63, 3.8) is 0 Å². The lowest BCUT2D eigenvalue weighted by atomic mass is 9.47. The normalized spacial score (nSPS) is 39.3. The fraction of sp³-hybridized carbons (Fsp3) is 0.607. The van der Waals surface area contributed by atoms with Gasteiger partial charge in [-0.05, 0) is 84.3 Å². The highest BCUT2D eigenvalue weighted by atomic mass is 16.5. The Morgan fingerprint density at radius 2 is 2.00 bits per heavy atom. The van der Waals surface area contributed by atoms with Gasteiger partial charge in [-0.15, -0.1) is 0 Å². The summed E-state index contributed by atoms with van der Waals surface area (Å²) >= 11 is 0. The Labute approximate surface area is 197 Å². The van der Waals surface area contributed by atoms with E-state index >= 15 is 0 Å². The van der Waals surface area contributed by atoms with Crippen molar-refractivity contribution in [3.05, 3.63) is 47.8 Å². The largest absolute Gasteiger partial charge is 0.461 e. The molecule has 2 fully saturated rings. The van der Waals surface area contributed by atoms with Gasteiger partial charge >= 0.3 is 0 Å². The summed E-state index contributed by atoms with van der Waals surface area (Å²) in [5.41, 5.74) is 5.03. The number of fused-ring (bicyclic) bond motifs is 5. The molecule has 174 valence electrons. The molecule has 2 saturated carbocycles. The SMILES string of the molecule is C[C@]12CC[C@H](OC(=N)N3C=NCC3)CC1=CC[C@@H]1[C@@H]2CC[C@]2(C)C(c3cccnc3)=CC[C@@H]12. The van der Waals surface area contributed by atoms with Crippen LogP contribution in [0, 0.1) is 34.0 Å². The molecule has 0 spiro atoms. The minimum atomic E-state index is 0.126. The number of amidine groups is 1. The third kappa shape index (κ3) is 3.30. The first kappa shape index (κ1) is 21.1. The Bertz CT molecular complexity index is 1030. The average molecular weight is 445 g/mol. The van der Waals surface area contributed by atoms with Gasteiger partial charge < -0.3 is 4.74 Å². The molecule has 1 aromatic rings. The summed E-state index contributed by atoms with van der Waals surface area (Å²) in [6.45, 7) is 6.60. The van der Waals surface area contributed by atoms with Gasteiger partial charge in [0.05, 0.1) is 12.9 Å². The van der Waals surface area contributed by atoms with Crippen LogP contribution >= 0.6 is 0 Å². The number of nitrogens with one attached hydrogen (secondary N) is 1. The van der Waals surface area contributed by atoms with Gasteiger partial charge in [0, 0.05) is 25.4 Å². The molecule has 0 bridgehead atoms. The Kier molecular flexibility index (Phi) is 5.00. The molecule has 4 aliphatic carbocycles. The van der Waals surface area contributed by atoms with Gasteiger partial charge in [-0.1, -0.05) is 37.6 Å². The molecular formula is C28H36N4O. The molecule has 2 heterocycles. The number of ether oxygens (including phenoxy) is 1. The highest BCUT2D eigenvalue weighted by molar-refractivity contribution is 5.85. The predicted molar refractivity (Wildman–Crippen MR) is 132 cm³/mol. The van der Waals surface area contributed by atoms with Crippen molar-refractivity contribution in [1.82, 2.24) is 9.88 Å². The monoisotopic (exact) mass is 444 g/mol. The molecule has 6 atom stereocenters. The van der Waals surface area contributed by atoms with Gasteiger partial charge in [-0.25, -0.2) is 0 Å². The van der Waals surface area contributed by atoms with Crippen molar-refractivity contribution < 1.29 is 4.74 Å². The second-order valence-corrected chi connectivity index (χ2v) is 11.3. The molecule has 0 amide bonds. The maximum atomic E-state index is 8.32. The lowest BCUT2D eigenvalue weighted by molar-refractivity contribution is -0.0234. The van der Waals surface area contributed by atoms with Crippen LogP contribution in [0.15, 0.2) is 47.2 Å². The van der Waals surface area contributed by atoms with E-state index < -0.39 is 0 Å². The minimum Gasteiger partial charge on any atom is -0.461 e. The van der Waals surface area contributed by atoms with E-state index in [0.29, 0.717) is 5.41 Å². The number of aromatic nitrogens is 1. The summed E-state index contributed by atoms with van der Waals surface area (Å²) in [7, 11) is 0. The minimum absolute atomic E-state index is 0.126. The van der Waals surface area contributed by atoms with Crippen molar-refractivity contribution >= 4 is 17.9 Å². The van der Waals surface area contributed by atoms with E-state index in [1.807, 2.05) is 11.1 Å². The van der Waals surface area contributed by atoms with Crippen molar-refractivity contribution in [1.29, 1.82) is 5.41 Å². The summed E-state index contributed by atoms with van der Waals surface area (Å²) in [6, 6.07) is 4.59. The Balaban J connectivity index is 1.19. The van der Waals surface area contributed by atoms with E-state index in [1.54, 1.807) is 17.5 Å². The fourth-order valence-electron chi connectivity index (χ4n) is 8.02. The van der Waals surface area contributed by atoms with Crippen LogP contribution in [0.4, 0.5) is 0 Å². The van der Waals surface area contributed by atoms with Crippen molar-refractivity contribution in [2.24, 2.45) is 33.6 Å². The molecule has 5 heteroatoms. The lowest BCUT2D eigenvalue weighted by Gasteiger charge is -2.58. The van der Waals surface area contributed by atoms with Gasteiger partial charge in [0.15, 0.2) is 0 Å². The Morgan fingerprint density at radius 1 is 1.12 bits per heavy atom. The van der Waals surface area contributed by atoms with Crippen LogP contribution in [-0.2, 0) is 4.74 Å². The zero-order valence-corrected chi connectivity index (χ0v) is 20.0. The van der Waals surface area contributed by atoms with Gasteiger partial charge in [0.2, 0.25) is 0 Å². The van der Waals surface area contributed by atoms with E-state index in [9.17, 15) is 0 Å². The summed E-state index contributed by atoms with van der Waals surface area (Å²) in [6.07, 6.45) is 19.1. The fourth-order valence-corrected chi connectivity index (χ4v) is 8.02. The van der Waals surface area contributed by atoms with Crippen molar-refractivity contribution in [3.8, 4) is 0 Å². The third-order valence-electron chi connectivity index (χ3n) is 9.84. The molecule has 1 N–H and O–H groups in total. The quantitative estimate of drug-likeness (QED) is 0.361. The van der Waals surface area contributed by atoms with Gasteiger partial charge in [0.1, 0.15) is 6.10 Å². The second kappa shape index (κ2) is 7.82. The standard InChI is InChI=1S/C28H36N4O/c1-27-11-9-21(33-26(29)32-15-14-31-18-32)16-20(27)5-6-22-24-8-7-23(19-4-3-13-30-17-19)28(24,2)12-10-25(22)27/h3-5,7,13,17-18,21-22,24-25,29H,6,8-12,14-16H2,1-2H3/t21-,22-,24-,25-,27-,28+/m0/s1. The number of rotatable bonds is 2. The zero-order valence-electron chi connectivity index (χ0n) is 20.0. The highest BCUT2D eigenvalue weighted by Gasteiger charge is 2.57. The average Bonchev–Trinajstić information content (AvgIpc) is 3.48. The molecular weight excluding hydrogens is 408 g/mol. The van der Waals surface area contributed by atoms with E-state index in [2.05, 4.69) is 54.3 Å². The van der Waals surface area contributed by atoms with Gasteiger partial charge in [-0.3, -0.25) is 20.3 Å². The maximum Gasteiger partial charge on any atom is 0.290 e. The van der Waals surface area contributed by atoms with Crippen LogP contribution in [0.3, 0.4) is 0 Å². The summed E-state index contributed by atoms with van der Waals surface area (Å²) in [5.74, 6) is 2.26. The number of allylic oxidation sites excluding steroid dienone is 3. The first-order valence-corrected chi connectivity index (χ1v) is 12.8. The maximum absolute atomic E-state index is 8.32. The predicted octanol–water partition coefficient (Wildman–Crippen LogP) is 5.70. The Morgan fingerprint density at radius 3 is 2.79 bits per heavy atom. The smallest absolute Gasteiger partial charge is 0.290 e. The van der Waals surface area contributed by atoms with E-state index in [4.69, 9.17) is 10.1 Å².